The summed E-state index contributed by atoms with van der Waals surface area (Å²) in [7, 11) is 1.90. The number of nitrogens with one attached hydrogen (secondary N) is 3. The Labute approximate surface area is 167 Å². The van der Waals surface area contributed by atoms with Gasteiger partial charge in [0.25, 0.3) is 0 Å². The van der Waals surface area contributed by atoms with E-state index >= 15 is 0 Å². The van der Waals surface area contributed by atoms with Crippen molar-refractivity contribution in [2.24, 2.45) is 0 Å². The fourth-order valence-corrected chi connectivity index (χ4v) is 2.96. The van der Waals surface area contributed by atoms with E-state index in [0.29, 0.717) is 24.9 Å². The molecule has 1 aromatic carbocycles. The van der Waals surface area contributed by atoms with E-state index in [0.717, 1.165) is 19.0 Å². The van der Waals surface area contributed by atoms with Gasteiger partial charge < -0.3 is 20.7 Å². The number of likely N-dealkylation sites (N-methyl/N-ethyl adjacent to an activating group) is 1. The topological polar surface area (TPSA) is 62.4 Å². The fourth-order valence-electron chi connectivity index (χ4n) is 2.96. The van der Waals surface area contributed by atoms with E-state index in [1.807, 2.05) is 7.05 Å². The normalized spacial score (nSPS) is 15.0. The molecule has 2 atom stereocenters. The molecule has 28 heavy (non-hydrogen) atoms. The maximum absolute atomic E-state index is 13.5. The molecule has 0 aromatic heterocycles. The van der Waals surface area contributed by atoms with Crippen molar-refractivity contribution < 1.29 is 18.3 Å². The van der Waals surface area contributed by atoms with Crippen molar-refractivity contribution >= 4 is 6.09 Å². The van der Waals surface area contributed by atoms with Crippen molar-refractivity contribution in [2.45, 2.75) is 71.1 Å². The van der Waals surface area contributed by atoms with Crippen LogP contribution < -0.4 is 16.0 Å². The molecule has 0 aliphatic carbocycles. The lowest BCUT2D eigenvalue weighted by molar-refractivity contribution is 0.0501. The van der Waals surface area contributed by atoms with E-state index in [2.05, 4.69) is 29.8 Å². The molecular weight excluding hydrogens is 364 g/mol. The molecule has 3 N–H and O–H groups in total. The zero-order valence-corrected chi connectivity index (χ0v) is 17.9. The number of amides is 1. The fraction of sp³-hybridized carbons (Fsp3) is 0.667. The molecule has 5 nitrogen and oxygen atoms in total. The Morgan fingerprint density at radius 1 is 1.14 bits per heavy atom. The quantitative estimate of drug-likeness (QED) is 0.561. The number of hydrogen-bond donors (Lipinski definition) is 3. The summed E-state index contributed by atoms with van der Waals surface area (Å²) in [6.45, 7) is 11.0. The summed E-state index contributed by atoms with van der Waals surface area (Å²) in [5.41, 5.74) is -0.200. The van der Waals surface area contributed by atoms with Crippen LogP contribution in [0.25, 0.3) is 0 Å². The maximum atomic E-state index is 13.5. The minimum Gasteiger partial charge on any atom is -0.444 e. The van der Waals surface area contributed by atoms with Gasteiger partial charge in [-0.1, -0.05) is 6.92 Å². The van der Waals surface area contributed by atoms with Crippen LogP contribution in [0.2, 0.25) is 0 Å². The molecule has 0 fully saturated rings. The van der Waals surface area contributed by atoms with E-state index < -0.39 is 23.3 Å². The number of rotatable bonds is 10. The van der Waals surface area contributed by atoms with Crippen LogP contribution in [0.5, 0.6) is 0 Å². The van der Waals surface area contributed by atoms with Crippen molar-refractivity contribution in [1.82, 2.24) is 16.0 Å². The van der Waals surface area contributed by atoms with Gasteiger partial charge in [0.05, 0.1) is 0 Å². The van der Waals surface area contributed by atoms with E-state index in [4.69, 9.17) is 4.74 Å². The third-order valence-corrected chi connectivity index (χ3v) is 4.52. The monoisotopic (exact) mass is 399 g/mol. The first kappa shape index (κ1) is 24.3. The summed E-state index contributed by atoms with van der Waals surface area (Å²) in [5.74, 6) is -1.26. The lowest BCUT2D eigenvalue weighted by Crippen LogP contribution is -2.50. The van der Waals surface area contributed by atoms with Crippen LogP contribution in [0.3, 0.4) is 0 Å². The molecule has 1 amide bonds. The summed E-state index contributed by atoms with van der Waals surface area (Å²) in [6.07, 6.45) is 1.30. The number of carbonyl (C=O) groups excluding carboxylic acids is 1. The highest BCUT2D eigenvalue weighted by molar-refractivity contribution is 5.68. The van der Waals surface area contributed by atoms with Crippen LogP contribution in [0.1, 0.15) is 53.0 Å². The number of halogens is 2. The van der Waals surface area contributed by atoms with Gasteiger partial charge in [0.1, 0.15) is 17.2 Å². The van der Waals surface area contributed by atoms with Gasteiger partial charge in [-0.25, -0.2) is 13.6 Å². The van der Waals surface area contributed by atoms with Crippen molar-refractivity contribution in [3.8, 4) is 0 Å². The predicted molar refractivity (Wildman–Crippen MR) is 108 cm³/mol. The molecule has 0 saturated carbocycles. The molecule has 0 aliphatic heterocycles. The van der Waals surface area contributed by atoms with Gasteiger partial charge in [-0.05, 0) is 78.2 Å². The summed E-state index contributed by atoms with van der Waals surface area (Å²) >= 11 is 0. The SMILES string of the molecule is CCC(C)(CNC)NCC[C@H](Cc1cc(F)cc(F)c1)NC(=O)OC(C)(C)C. The first-order valence-electron chi connectivity index (χ1n) is 9.80. The van der Waals surface area contributed by atoms with E-state index in [9.17, 15) is 13.6 Å². The highest BCUT2D eigenvalue weighted by Gasteiger charge is 2.23. The Morgan fingerprint density at radius 3 is 2.25 bits per heavy atom. The minimum atomic E-state index is -0.628. The molecule has 0 heterocycles. The van der Waals surface area contributed by atoms with Gasteiger partial charge >= 0.3 is 6.09 Å². The molecule has 0 aliphatic rings. The third-order valence-electron chi connectivity index (χ3n) is 4.52. The van der Waals surface area contributed by atoms with Crippen molar-refractivity contribution in [1.29, 1.82) is 0 Å². The summed E-state index contributed by atoms with van der Waals surface area (Å²) in [5, 5.41) is 9.51. The third kappa shape index (κ3) is 9.46. The van der Waals surface area contributed by atoms with Crippen molar-refractivity contribution in [3.63, 3.8) is 0 Å². The molecule has 160 valence electrons. The largest absolute Gasteiger partial charge is 0.444 e. The second kappa shape index (κ2) is 10.7. The minimum absolute atomic E-state index is 0.0732. The number of hydrogen-bond acceptors (Lipinski definition) is 4. The smallest absolute Gasteiger partial charge is 0.407 e. The first-order chi connectivity index (χ1) is 13.0. The second-order valence-electron chi connectivity index (χ2n) is 8.48. The molecular formula is C21H35F2N3O2. The summed E-state index contributed by atoms with van der Waals surface area (Å²) in [6, 6.07) is 3.10. The average molecular weight is 400 g/mol. The zero-order valence-electron chi connectivity index (χ0n) is 17.9. The highest BCUT2D eigenvalue weighted by atomic mass is 19.1. The Morgan fingerprint density at radius 2 is 1.75 bits per heavy atom. The first-order valence-corrected chi connectivity index (χ1v) is 9.80. The maximum Gasteiger partial charge on any atom is 0.407 e. The Kier molecular flexibility index (Phi) is 9.30. The Bertz CT molecular complexity index is 614. The van der Waals surface area contributed by atoms with Crippen LogP contribution in [0.4, 0.5) is 13.6 Å². The molecule has 0 radical (unpaired) electrons. The number of ether oxygens (including phenoxy) is 1. The van der Waals surface area contributed by atoms with Gasteiger partial charge in [-0.15, -0.1) is 0 Å². The molecule has 1 unspecified atom stereocenters. The van der Waals surface area contributed by atoms with E-state index in [-0.39, 0.29) is 11.6 Å². The predicted octanol–water partition coefficient (Wildman–Crippen LogP) is 3.77. The summed E-state index contributed by atoms with van der Waals surface area (Å²) < 4.78 is 32.4. The summed E-state index contributed by atoms with van der Waals surface area (Å²) in [4.78, 5) is 12.2. The van der Waals surface area contributed by atoms with E-state index in [1.54, 1.807) is 20.8 Å². The Hall–Kier alpha value is -1.73. The van der Waals surface area contributed by atoms with Crippen LogP contribution in [-0.4, -0.2) is 43.4 Å². The van der Waals surface area contributed by atoms with Crippen molar-refractivity contribution in [2.75, 3.05) is 20.1 Å². The van der Waals surface area contributed by atoms with Crippen LogP contribution >= 0.6 is 0 Å². The van der Waals surface area contributed by atoms with Crippen molar-refractivity contribution in [3.05, 3.63) is 35.4 Å². The Balaban J connectivity index is 2.80. The lowest BCUT2D eigenvalue weighted by atomic mass is 9.97. The number of alkyl carbamates (subject to hydrolysis) is 1. The highest BCUT2D eigenvalue weighted by Crippen LogP contribution is 2.14. The van der Waals surface area contributed by atoms with E-state index in [1.165, 1.54) is 12.1 Å². The van der Waals surface area contributed by atoms with Crippen LogP contribution in [0.15, 0.2) is 18.2 Å². The molecule has 0 spiro atoms. The van der Waals surface area contributed by atoms with Gasteiger partial charge in [0.2, 0.25) is 0 Å². The zero-order chi connectivity index (χ0) is 21.4. The molecule has 7 heteroatoms. The molecule has 1 aromatic rings. The van der Waals surface area contributed by atoms with Gasteiger partial charge in [-0.2, -0.15) is 0 Å². The lowest BCUT2D eigenvalue weighted by Gasteiger charge is -2.31. The number of carbonyl (C=O) groups is 1. The van der Waals surface area contributed by atoms with Gasteiger partial charge in [-0.3, -0.25) is 0 Å². The van der Waals surface area contributed by atoms with Crippen LogP contribution in [0, 0.1) is 11.6 Å². The second-order valence-corrected chi connectivity index (χ2v) is 8.48. The number of benzene rings is 1. The average Bonchev–Trinajstić information content (AvgIpc) is 2.52. The molecule has 0 saturated heterocycles. The molecule has 0 bridgehead atoms. The van der Waals surface area contributed by atoms with Crippen LogP contribution in [-0.2, 0) is 11.2 Å². The van der Waals surface area contributed by atoms with Gasteiger partial charge in [0, 0.05) is 24.2 Å². The molecule has 1 rings (SSSR count). The van der Waals surface area contributed by atoms with Gasteiger partial charge in [0.15, 0.2) is 0 Å². The standard InChI is InChI=1S/C21H35F2N3O2/c1-7-21(5,14-24-6)25-9-8-18(26-19(27)28-20(2,3)4)12-15-10-16(22)13-17(23)11-15/h10-11,13,18,24-25H,7-9,12,14H2,1-6H3,(H,26,27)/t18-,21?/m1/s1.